The topological polar surface area (TPSA) is 34.1 Å². The van der Waals surface area contributed by atoms with Crippen molar-refractivity contribution in [3.05, 3.63) is 35.9 Å². The van der Waals surface area contributed by atoms with Gasteiger partial charge in [0.05, 0.1) is 7.85 Å². The number of rotatable bonds is 3. The molecule has 0 spiro atoms. The summed E-state index contributed by atoms with van der Waals surface area (Å²) in [7, 11) is 5.68. The Hall–Kier alpha value is -1.38. The highest BCUT2D eigenvalue weighted by Crippen LogP contribution is 2.24. The third-order valence-electron chi connectivity index (χ3n) is 2.36. The van der Waals surface area contributed by atoms with Crippen LogP contribution in [0.4, 0.5) is 0 Å². The van der Waals surface area contributed by atoms with Crippen molar-refractivity contribution in [3.63, 3.8) is 0 Å². The van der Waals surface area contributed by atoms with Crippen LogP contribution in [0.25, 0.3) is 0 Å². The summed E-state index contributed by atoms with van der Waals surface area (Å²) in [5, 5.41) is 0. The van der Waals surface area contributed by atoms with Crippen LogP contribution in [-0.4, -0.2) is 19.4 Å². The van der Waals surface area contributed by atoms with E-state index in [4.69, 9.17) is 7.85 Å². The molecule has 16 heavy (non-hydrogen) atoms. The fraction of sp³-hybridized carbons (Fsp3) is 0.385. The zero-order chi connectivity index (χ0) is 12.3. The number of benzene rings is 1. The van der Waals surface area contributed by atoms with Gasteiger partial charge >= 0.3 is 0 Å². The minimum Gasteiger partial charge on any atom is -0.299 e. The van der Waals surface area contributed by atoms with Gasteiger partial charge < -0.3 is 0 Å². The van der Waals surface area contributed by atoms with Crippen molar-refractivity contribution in [2.45, 2.75) is 26.6 Å². The first-order chi connectivity index (χ1) is 7.34. The standard InChI is InChI=1S/C13H15BO2/c1-13(2,3)12(16)10(14)11(15)9-7-5-4-6-8-9/h4-8,10H,1-3H3. The van der Waals surface area contributed by atoms with Gasteiger partial charge in [0.1, 0.15) is 5.78 Å². The van der Waals surface area contributed by atoms with E-state index in [0.29, 0.717) is 5.56 Å². The Balaban J connectivity index is 2.88. The van der Waals surface area contributed by atoms with E-state index in [0.717, 1.165) is 0 Å². The van der Waals surface area contributed by atoms with Crippen LogP contribution >= 0.6 is 0 Å². The molecule has 3 heteroatoms. The van der Waals surface area contributed by atoms with E-state index in [1.807, 2.05) is 6.07 Å². The number of carbonyl (C=O) groups excluding carboxylic acids is 2. The molecule has 82 valence electrons. The molecule has 2 nitrogen and oxygen atoms in total. The number of hydrogen-bond donors (Lipinski definition) is 0. The van der Waals surface area contributed by atoms with E-state index < -0.39 is 11.2 Å². The normalized spacial score (nSPS) is 13.2. The number of carbonyl (C=O) groups is 2. The van der Waals surface area contributed by atoms with Crippen LogP contribution in [0.1, 0.15) is 31.1 Å². The summed E-state index contributed by atoms with van der Waals surface area (Å²) in [6.07, 6.45) is 0. The Kier molecular flexibility index (Phi) is 3.68. The summed E-state index contributed by atoms with van der Waals surface area (Å²) < 4.78 is 0. The predicted molar refractivity (Wildman–Crippen MR) is 64.7 cm³/mol. The largest absolute Gasteiger partial charge is 0.299 e. The molecule has 0 saturated heterocycles. The minimum atomic E-state index is -1.07. The maximum Gasteiger partial charge on any atom is 0.164 e. The first kappa shape index (κ1) is 12.7. The van der Waals surface area contributed by atoms with Gasteiger partial charge in [-0.1, -0.05) is 51.1 Å². The Morgan fingerprint density at radius 3 is 2.06 bits per heavy atom. The molecule has 0 heterocycles. The maximum atomic E-state index is 11.9. The van der Waals surface area contributed by atoms with Gasteiger partial charge in [-0.3, -0.25) is 9.59 Å². The Morgan fingerprint density at radius 1 is 1.12 bits per heavy atom. The molecule has 0 N–H and O–H groups in total. The number of ketones is 2. The quantitative estimate of drug-likeness (QED) is 0.440. The molecule has 0 aliphatic carbocycles. The number of hydrogen-bond acceptors (Lipinski definition) is 2. The molecule has 0 bridgehead atoms. The molecule has 0 aliphatic heterocycles. The van der Waals surface area contributed by atoms with Crippen LogP contribution in [0.5, 0.6) is 0 Å². The van der Waals surface area contributed by atoms with Crippen molar-refractivity contribution >= 4 is 19.4 Å². The minimum absolute atomic E-state index is 0.235. The van der Waals surface area contributed by atoms with Gasteiger partial charge in [0.15, 0.2) is 5.78 Å². The van der Waals surface area contributed by atoms with Gasteiger partial charge in [0, 0.05) is 16.8 Å². The van der Waals surface area contributed by atoms with Crippen LogP contribution in [0.15, 0.2) is 30.3 Å². The first-order valence-electron chi connectivity index (χ1n) is 5.23. The van der Waals surface area contributed by atoms with Gasteiger partial charge in [-0.05, 0) is 0 Å². The zero-order valence-corrected chi connectivity index (χ0v) is 9.86. The Bertz CT molecular complexity index is 390. The molecule has 0 aromatic heterocycles. The molecule has 1 aromatic rings. The van der Waals surface area contributed by atoms with Crippen molar-refractivity contribution in [2.24, 2.45) is 5.41 Å². The van der Waals surface area contributed by atoms with Gasteiger partial charge in [0.25, 0.3) is 0 Å². The van der Waals surface area contributed by atoms with Crippen LogP contribution < -0.4 is 0 Å². The molecule has 0 aliphatic rings. The summed E-state index contributed by atoms with van der Waals surface area (Å²) in [5.74, 6) is -1.62. The molecule has 1 atom stereocenters. The van der Waals surface area contributed by atoms with Gasteiger partial charge in [-0.2, -0.15) is 0 Å². The molecular weight excluding hydrogens is 199 g/mol. The monoisotopic (exact) mass is 214 g/mol. The molecule has 2 radical (unpaired) electrons. The third-order valence-corrected chi connectivity index (χ3v) is 2.36. The summed E-state index contributed by atoms with van der Waals surface area (Å²) >= 11 is 0. The second-order valence-corrected chi connectivity index (χ2v) is 4.82. The van der Waals surface area contributed by atoms with Gasteiger partial charge in [-0.25, -0.2) is 0 Å². The van der Waals surface area contributed by atoms with Crippen molar-refractivity contribution in [1.29, 1.82) is 0 Å². The number of Topliss-reactive ketones (excluding diaryl/α,β-unsaturated/α-hetero) is 2. The molecular formula is C13H15BO2. The predicted octanol–water partition coefficient (Wildman–Crippen LogP) is 2.44. The van der Waals surface area contributed by atoms with Gasteiger partial charge in [0.2, 0.25) is 0 Å². The molecule has 1 rings (SSSR count). The van der Waals surface area contributed by atoms with E-state index >= 15 is 0 Å². The smallest absolute Gasteiger partial charge is 0.164 e. The molecule has 1 unspecified atom stereocenters. The van der Waals surface area contributed by atoms with E-state index in [9.17, 15) is 9.59 Å². The van der Waals surface area contributed by atoms with Crippen molar-refractivity contribution in [3.8, 4) is 0 Å². The molecule has 0 fully saturated rings. The highest BCUT2D eigenvalue weighted by Gasteiger charge is 2.30. The fourth-order valence-corrected chi connectivity index (χ4v) is 1.37. The van der Waals surface area contributed by atoms with Crippen molar-refractivity contribution in [1.82, 2.24) is 0 Å². The summed E-state index contributed by atoms with van der Waals surface area (Å²) in [5.41, 5.74) is -0.114. The van der Waals surface area contributed by atoms with Crippen LogP contribution in [0, 0.1) is 5.41 Å². The summed E-state index contributed by atoms with van der Waals surface area (Å²) in [6.45, 7) is 5.27. The summed E-state index contributed by atoms with van der Waals surface area (Å²) in [4.78, 5) is 23.7. The molecule has 0 saturated carbocycles. The Labute approximate surface area is 97.5 Å². The van der Waals surface area contributed by atoms with Crippen molar-refractivity contribution < 1.29 is 9.59 Å². The molecule has 1 aromatic carbocycles. The lowest BCUT2D eigenvalue weighted by atomic mass is 9.70. The van der Waals surface area contributed by atoms with Gasteiger partial charge in [-0.15, -0.1) is 0 Å². The lowest BCUT2D eigenvalue weighted by Crippen LogP contribution is -2.29. The third kappa shape index (κ3) is 2.81. The summed E-state index contributed by atoms with van der Waals surface area (Å²) in [6, 6.07) is 8.65. The Morgan fingerprint density at radius 2 is 1.62 bits per heavy atom. The highest BCUT2D eigenvalue weighted by molar-refractivity contribution is 6.40. The zero-order valence-electron chi connectivity index (χ0n) is 9.86. The lowest BCUT2D eigenvalue weighted by Gasteiger charge is -2.21. The first-order valence-corrected chi connectivity index (χ1v) is 5.23. The maximum absolute atomic E-state index is 11.9. The van der Waals surface area contributed by atoms with Crippen LogP contribution in [0.2, 0.25) is 5.82 Å². The SMILES string of the molecule is [B]C(C(=O)c1ccccc1)C(=O)C(C)(C)C. The van der Waals surface area contributed by atoms with E-state index in [1.165, 1.54) is 0 Å². The fourth-order valence-electron chi connectivity index (χ4n) is 1.37. The van der Waals surface area contributed by atoms with Crippen LogP contribution in [-0.2, 0) is 4.79 Å². The van der Waals surface area contributed by atoms with E-state index in [1.54, 1.807) is 45.0 Å². The molecule has 0 amide bonds. The highest BCUT2D eigenvalue weighted by atomic mass is 16.2. The average Bonchev–Trinajstić information content (AvgIpc) is 2.26. The lowest BCUT2D eigenvalue weighted by molar-refractivity contribution is -0.125. The van der Waals surface area contributed by atoms with Crippen molar-refractivity contribution in [2.75, 3.05) is 0 Å². The second-order valence-electron chi connectivity index (χ2n) is 4.82. The van der Waals surface area contributed by atoms with E-state index in [2.05, 4.69) is 0 Å². The second kappa shape index (κ2) is 4.64. The van der Waals surface area contributed by atoms with Crippen LogP contribution in [0.3, 0.4) is 0 Å². The average molecular weight is 214 g/mol. The van der Waals surface area contributed by atoms with E-state index in [-0.39, 0.29) is 11.6 Å².